The molecule has 0 saturated carbocycles. The van der Waals surface area contributed by atoms with Crippen molar-refractivity contribution in [2.75, 3.05) is 7.11 Å². The van der Waals surface area contributed by atoms with E-state index in [0.717, 1.165) is 0 Å². The molecule has 1 N–H and O–H groups in total. The number of benzene rings is 1. The summed E-state index contributed by atoms with van der Waals surface area (Å²) in [4.78, 5) is 0. The van der Waals surface area contributed by atoms with E-state index in [0.29, 0.717) is 5.75 Å². The molecule has 1 aromatic rings. The van der Waals surface area contributed by atoms with Gasteiger partial charge in [0.05, 0.1) is 17.2 Å². The zero-order valence-corrected chi connectivity index (χ0v) is 7.28. The first kappa shape index (κ1) is 8.50. The normalized spacial score (nSPS) is 9.73. The minimum atomic E-state index is -0.117. The van der Waals surface area contributed by atoms with Gasteiger partial charge in [0.1, 0.15) is 5.75 Å². The molecule has 2 nitrogen and oxygen atoms in total. The number of halogens is 2. The number of methoxy groups -OCH3 is 1. The fourth-order valence-corrected chi connectivity index (χ4v) is 1.13. The van der Waals surface area contributed by atoms with Gasteiger partial charge in [0.25, 0.3) is 0 Å². The van der Waals surface area contributed by atoms with Crippen LogP contribution in [-0.2, 0) is 0 Å². The number of aromatic hydroxyl groups is 1. The third kappa shape index (κ3) is 1.70. The quantitative estimate of drug-likeness (QED) is 0.742. The van der Waals surface area contributed by atoms with Crippen molar-refractivity contribution >= 4 is 23.2 Å². The highest BCUT2D eigenvalue weighted by Crippen LogP contribution is 2.35. The van der Waals surface area contributed by atoms with E-state index in [4.69, 9.17) is 33.0 Å². The van der Waals surface area contributed by atoms with Gasteiger partial charge < -0.3 is 9.84 Å². The number of hydrogen-bond donors (Lipinski definition) is 1. The summed E-state index contributed by atoms with van der Waals surface area (Å²) in [6, 6.07) is 2.98. The minimum absolute atomic E-state index is 0.117. The van der Waals surface area contributed by atoms with Crippen LogP contribution in [0.15, 0.2) is 12.1 Å². The first-order chi connectivity index (χ1) is 5.15. The molecule has 0 heterocycles. The van der Waals surface area contributed by atoms with Crippen LogP contribution in [0.2, 0.25) is 10.0 Å². The lowest BCUT2D eigenvalue weighted by Crippen LogP contribution is -1.82. The van der Waals surface area contributed by atoms with Crippen LogP contribution < -0.4 is 4.74 Å². The molecule has 4 heteroatoms. The second-order valence-corrected chi connectivity index (χ2v) is 2.75. The van der Waals surface area contributed by atoms with Gasteiger partial charge in [-0.05, 0) is 0 Å². The lowest BCUT2D eigenvalue weighted by molar-refractivity contribution is 0.412. The van der Waals surface area contributed by atoms with Gasteiger partial charge in [-0.3, -0.25) is 0 Å². The zero-order valence-electron chi connectivity index (χ0n) is 5.77. The van der Waals surface area contributed by atoms with Gasteiger partial charge in [-0.1, -0.05) is 23.2 Å². The molecule has 0 aliphatic rings. The van der Waals surface area contributed by atoms with Gasteiger partial charge in [-0.15, -0.1) is 0 Å². The predicted molar refractivity (Wildman–Crippen MR) is 44.7 cm³/mol. The van der Waals surface area contributed by atoms with Gasteiger partial charge in [-0.2, -0.15) is 0 Å². The molecule has 11 heavy (non-hydrogen) atoms. The third-order valence-electron chi connectivity index (χ3n) is 1.23. The van der Waals surface area contributed by atoms with Crippen molar-refractivity contribution in [1.29, 1.82) is 0 Å². The average Bonchev–Trinajstić information content (AvgIpc) is 1.99. The van der Waals surface area contributed by atoms with Gasteiger partial charge in [0, 0.05) is 12.1 Å². The number of hydrogen-bond acceptors (Lipinski definition) is 2. The first-order valence-corrected chi connectivity index (χ1v) is 3.62. The molecule has 0 bridgehead atoms. The van der Waals surface area contributed by atoms with Crippen molar-refractivity contribution in [3.05, 3.63) is 22.2 Å². The summed E-state index contributed by atoms with van der Waals surface area (Å²) in [6.07, 6.45) is 0. The molecule has 0 aliphatic heterocycles. The number of ether oxygens (including phenoxy) is 1. The minimum Gasteiger partial charge on any atom is -0.505 e. The lowest BCUT2D eigenvalue weighted by Gasteiger charge is -2.03. The molecule has 0 aromatic heterocycles. The Bertz CT molecular complexity index is 250. The highest BCUT2D eigenvalue weighted by molar-refractivity contribution is 6.37. The van der Waals surface area contributed by atoms with Crippen LogP contribution in [-0.4, -0.2) is 12.2 Å². The molecular weight excluding hydrogens is 187 g/mol. The van der Waals surface area contributed by atoms with E-state index in [-0.39, 0.29) is 15.8 Å². The third-order valence-corrected chi connectivity index (χ3v) is 1.80. The molecule has 0 amide bonds. The SMILES string of the molecule is COc1cc(Cl)c(O)c(Cl)c1. The van der Waals surface area contributed by atoms with Crippen molar-refractivity contribution in [1.82, 2.24) is 0 Å². The molecule has 1 rings (SSSR count). The Morgan fingerprint density at radius 2 is 1.73 bits per heavy atom. The maximum atomic E-state index is 9.11. The van der Waals surface area contributed by atoms with Crippen molar-refractivity contribution in [2.24, 2.45) is 0 Å². The van der Waals surface area contributed by atoms with Gasteiger partial charge >= 0.3 is 0 Å². The number of rotatable bonds is 1. The van der Waals surface area contributed by atoms with E-state index in [1.165, 1.54) is 19.2 Å². The van der Waals surface area contributed by atoms with E-state index >= 15 is 0 Å². The smallest absolute Gasteiger partial charge is 0.153 e. The highest BCUT2D eigenvalue weighted by Gasteiger charge is 2.05. The van der Waals surface area contributed by atoms with Crippen LogP contribution in [0.3, 0.4) is 0 Å². The van der Waals surface area contributed by atoms with E-state index in [9.17, 15) is 0 Å². The molecule has 0 fully saturated rings. The Morgan fingerprint density at radius 3 is 2.09 bits per heavy atom. The fraction of sp³-hybridized carbons (Fsp3) is 0.143. The van der Waals surface area contributed by atoms with E-state index < -0.39 is 0 Å². The summed E-state index contributed by atoms with van der Waals surface area (Å²) in [7, 11) is 1.50. The standard InChI is InChI=1S/C7H6Cl2O2/c1-11-4-2-5(8)7(10)6(9)3-4/h2-3,10H,1H3. The lowest BCUT2D eigenvalue weighted by atomic mass is 10.3. The summed E-state index contributed by atoms with van der Waals surface area (Å²) < 4.78 is 4.85. The van der Waals surface area contributed by atoms with Crippen molar-refractivity contribution in [3.63, 3.8) is 0 Å². The monoisotopic (exact) mass is 192 g/mol. The van der Waals surface area contributed by atoms with Crippen LogP contribution in [0.4, 0.5) is 0 Å². The van der Waals surface area contributed by atoms with Gasteiger partial charge in [0.15, 0.2) is 5.75 Å². The Balaban J connectivity index is 3.21. The Morgan fingerprint density at radius 1 is 1.27 bits per heavy atom. The van der Waals surface area contributed by atoms with Crippen LogP contribution in [0.1, 0.15) is 0 Å². The Hall–Kier alpha value is -0.600. The van der Waals surface area contributed by atoms with Crippen LogP contribution in [0.5, 0.6) is 11.5 Å². The van der Waals surface area contributed by atoms with Crippen molar-refractivity contribution in [3.8, 4) is 11.5 Å². The Labute approximate surface area is 74.3 Å². The molecule has 0 radical (unpaired) electrons. The van der Waals surface area contributed by atoms with Crippen LogP contribution in [0.25, 0.3) is 0 Å². The van der Waals surface area contributed by atoms with Gasteiger partial charge in [0.2, 0.25) is 0 Å². The second-order valence-electron chi connectivity index (χ2n) is 1.94. The molecule has 0 atom stereocenters. The van der Waals surface area contributed by atoms with E-state index in [1.54, 1.807) is 0 Å². The molecule has 0 saturated heterocycles. The predicted octanol–water partition coefficient (Wildman–Crippen LogP) is 2.71. The van der Waals surface area contributed by atoms with Gasteiger partial charge in [-0.25, -0.2) is 0 Å². The molecule has 0 unspecified atom stereocenters. The summed E-state index contributed by atoms with van der Waals surface area (Å²) in [5.74, 6) is 0.409. The molecule has 1 aromatic carbocycles. The summed E-state index contributed by atoms with van der Waals surface area (Å²) in [5.41, 5.74) is 0. The van der Waals surface area contributed by atoms with Crippen LogP contribution >= 0.6 is 23.2 Å². The fourth-order valence-electron chi connectivity index (χ4n) is 0.660. The number of phenols is 1. The van der Waals surface area contributed by atoms with E-state index in [1.807, 2.05) is 0 Å². The molecule has 60 valence electrons. The molecular formula is C7H6Cl2O2. The second kappa shape index (κ2) is 3.20. The summed E-state index contributed by atoms with van der Waals surface area (Å²) in [6.45, 7) is 0. The largest absolute Gasteiger partial charge is 0.505 e. The maximum absolute atomic E-state index is 9.11. The highest BCUT2D eigenvalue weighted by atomic mass is 35.5. The molecule has 0 aliphatic carbocycles. The maximum Gasteiger partial charge on any atom is 0.153 e. The van der Waals surface area contributed by atoms with Crippen molar-refractivity contribution in [2.45, 2.75) is 0 Å². The van der Waals surface area contributed by atoms with Crippen LogP contribution in [0, 0.1) is 0 Å². The summed E-state index contributed by atoms with van der Waals surface area (Å²) >= 11 is 11.2. The average molecular weight is 193 g/mol. The Kier molecular flexibility index (Phi) is 2.47. The summed E-state index contributed by atoms with van der Waals surface area (Å²) in [5, 5.41) is 9.49. The molecule has 0 spiro atoms. The zero-order chi connectivity index (χ0) is 8.43. The topological polar surface area (TPSA) is 29.5 Å². The van der Waals surface area contributed by atoms with E-state index in [2.05, 4.69) is 0 Å². The first-order valence-electron chi connectivity index (χ1n) is 2.87. The van der Waals surface area contributed by atoms with Crippen molar-refractivity contribution < 1.29 is 9.84 Å². The number of phenolic OH excluding ortho intramolecular Hbond substituents is 1.